The zero-order chi connectivity index (χ0) is 15.0. The molecule has 0 spiro atoms. The van der Waals surface area contributed by atoms with Crippen molar-refractivity contribution >= 4 is 21.2 Å². The van der Waals surface area contributed by atoms with Crippen LogP contribution in [0.3, 0.4) is 0 Å². The highest BCUT2D eigenvalue weighted by atomic mass is 32.1. The highest BCUT2D eigenvalue weighted by Gasteiger charge is 2.27. The molecule has 0 fully saturated rings. The fourth-order valence-corrected chi connectivity index (χ4v) is 3.14. The summed E-state index contributed by atoms with van der Waals surface area (Å²) in [6.07, 6.45) is 7.39. The topological polar surface area (TPSA) is 70.5 Å². The van der Waals surface area contributed by atoms with Gasteiger partial charge in [0, 0.05) is 14.2 Å². The van der Waals surface area contributed by atoms with Crippen molar-refractivity contribution in [2.45, 2.75) is 58.5 Å². The van der Waals surface area contributed by atoms with Crippen molar-refractivity contribution in [3.63, 3.8) is 0 Å². The Balaban J connectivity index is -0.000000277. The van der Waals surface area contributed by atoms with Crippen LogP contribution in [-0.2, 0) is 8.85 Å². The van der Waals surface area contributed by atoms with E-state index in [9.17, 15) is 0 Å². The van der Waals surface area contributed by atoms with Crippen LogP contribution in [0.5, 0.6) is 0 Å². The fraction of sp³-hybridized carbons (Fsp3) is 1.00. The smallest absolute Gasteiger partial charge is 0.334 e. The molecule has 0 aliphatic rings. The van der Waals surface area contributed by atoms with Crippen molar-refractivity contribution in [3.8, 4) is 0 Å². The predicted octanol–water partition coefficient (Wildman–Crippen LogP) is 3.16. The first kappa shape index (κ1) is 25.4. The van der Waals surface area contributed by atoms with Crippen molar-refractivity contribution in [2.75, 3.05) is 33.1 Å². The highest BCUT2D eigenvalue weighted by Crippen LogP contribution is 2.12. The Bertz CT molecular complexity index is 167. The maximum absolute atomic E-state index is 5.36. The first-order valence-electron chi connectivity index (χ1n) is 7.21. The molecule has 126 valence electrons. The molecule has 4 N–H and O–H groups in total. The van der Waals surface area contributed by atoms with Crippen LogP contribution in [-0.4, -0.2) is 41.6 Å². The molecular weight excluding hydrogens is 288 g/mol. The summed E-state index contributed by atoms with van der Waals surface area (Å²) in [5.74, 6) is 1.03. The monoisotopic (exact) mass is 326 g/mol. The maximum Gasteiger partial charge on any atom is 0.334 e. The summed E-state index contributed by atoms with van der Waals surface area (Å²) in [6, 6.07) is 0.983. The number of hydrogen-bond donors (Lipinski definition) is 3. The van der Waals surface area contributed by atoms with Crippen LogP contribution in [0.25, 0.3) is 0 Å². The Morgan fingerprint density at radius 3 is 1.70 bits per heavy atom. The molecule has 0 heterocycles. The molecular formula is C14H38N2O2SSi. The van der Waals surface area contributed by atoms with Gasteiger partial charge in [-0.15, -0.1) is 0 Å². The Morgan fingerprint density at radius 2 is 1.30 bits per heavy atom. The summed E-state index contributed by atoms with van der Waals surface area (Å²) in [4.78, 5) is 0. The third kappa shape index (κ3) is 18.4. The molecule has 0 aliphatic heterocycles. The first-order chi connectivity index (χ1) is 9.10. The average molecular weight is 327 g/mol. The normalized spacial score (nSPS) is 10.5. The van der Waals surface area contributed by atoms with Gasteiger partial charge in [0.25, 0.3) is 0 Å². The molecule has 0 aromatic rings. The number of hydrogen-bond acceptors (Lipinski definition) is 5. The molecule has 0 aromatic carbocycles. The summed E-state index contributed by atoms with van der Waals surface area (Å²) in [5, 5.41) is 0. The van der Waals surface area contributed by atoms with Crippen LogP contribution in [0.2, 0.25) is 12.6 Å². The molecule has 0 atom stereocenters. The molecule has 20 heavy (non-hydrogen) atoms. The van der Waals surface area contributed by atoms with Crippen LogP contribution in [0.4, 0.5) is 0 Å². The molecule has 0 aromatic heterocycles. The van der Waals surface area contributed by atoms with Gasteiger partial charge in [0.1, 0.15) is 0 Å². The minimum atomic E-state index is -1.80. The second-order valence-corrected chi connectivity index (χ2v) is 8.75. The summed E-state index contributed by atoms with van der Waals surface area (Å²) in [5.41, 5.74) is 10.7. The van der Waals surface area contributed by atoms with E-state index in [0.29, 0.717) is 0 Å². The van der Waals surface area contributed by atoms with Crippen molar-refractivity contribution in [1.29, 1.82) is 0 Å². The predicted molar refractivity (Wildman–Crippen MR) is 96.8 cm³/mol. The molecule has 0 aliphatic carbocycles. The van der Waals surface area contributed by atoms with Crippen LogP contribution >= 0.6 is 12.6 Å². The van der Waals surface area contributed by atoms with Crippen LogP contribution in [0, 0.1) is 0 Å². The molecule has 0 rings (SSSR count). The van der Waals surface area contributed by atoms with Gasteiger partial charge in [0.2, 0.25) is 0 Å². The van der Waals surface area contributed by atoms with Crippen LogP contribution in [0.1, 0.15) is 46.0 Å². The minimum absolute atomic E-state index is 0. The first-order valence-corrected chi connectivity index (χ1v) is 10.4. The van der Waals surface area contributed by atoms with Crippen molar-refractivity contribution < 1.29 is 8.85 Å². The van der Waals surface area contributed by atoms with E-state index < -0.39 is 8.56 Å². The number of unbranched alkanes of at least 4 members (excludes halogenated alkanes) is 4. The molecule has 4 nitrogen and oxygen atoms in total. The van der Waals surface area contributed by atoms with Gasteiger partial charge in [-0.1, -0.05) is 26.7 Å². The second kappa shape index (κ2) is 19.4. The molecule has 0 bridgehead atoms. The Labute approximate surface area is 133 Å². The van der Waals surface area contributed by atoms with E-state index in [0.717, 1.165) is 31.3 Å². The minimum Gasteiger partial charge on any atom is -0.398 e. The highest BCUT2D eigenvalue weighted by molar-refractivity contribution is 7.80. The Morgan fingerprint density at radius 1 is 0.850 bits per heavy atom. The quantitative estimate of drug-likeness (QED) is 0.310. The molecule has 0 saturated heterocycles. The maximum atomic E-state index is 5.36. The van der Waals surface area contributed by atoms with Crippen molar-refractivity contribution in [1.82, 2.24) is 0 Å². The van der Waals surface area contributed by atoms with Crippen molar-refractivity contribution in [3.05, 3.63) is 0 Å². The van der Waals surface area contributed by atoms with Crippen molar-refractivity contribution in [2.24, 2.45) is 11.5 Å². The van der Waals surface area contributed by atoms with Crippen LogP contribution < -0.4 is 11.5 Å². The third-order valence-electron chi connectivity index (χ3n) is 3.06. The lowest BCUT2D eigenvalue weighted by atomic mass is 10.2. The number of nitrogens with two attached hydrogens (primary N) is 2. The fourth-order valence-electron chi connectivity index (χ4n) is 1.50. The summed E-state index contributed by atoms with van der Waals surface area (Å²) < 4.78 is 10.5. The van der Waals surface area contributed by atoms with E-state index in [1.807, 2.05) is 6.55 Å². The van der Waals surface area contributed by atoms with Crippen LogP contribution in [0.15, 0.2) is 0 Å². The SMILES string of the molecule is C.CO[Si](C)(CCCN)OC.NCCCCCCCS. The molecule has 0 amide bonds. The number of thiol groups is 1. The lowest BCUT2D eigenvalue weighted by Crippen LogP contribution is -2.36. The summed E-state index contributed by atoms with van der Waals surface area (Å²) >= 11 is 4.12. The van der Waals surface area contributed by atoms with E-state index in [2.05, 4.69) is 12.6 Å². The Kier molecular flexibility index (Phi) is 24.6. The standard InChI is InChI=1S/C7H17NS.C6H17NO2Si.CH4/c8-6-4-2-1-3-5-7-9;1-8-10(3,9-2)6-4-5-7;/h9H,1-8H2;4-7H2,1-3H3;1H4. The van der Waals surface area contributed by atoms with Gasteiger partial charge in [0.05, 0.1) is 0 Å². The van der Waals surface area contributed by atoms with E-state index in [1.54, 1.807) is 14.2 Å². The lowest BCUT2D eigenvalue weighted by molar-refractivity contribution is 0.249. The van der Waals surface area contributed by atoms with E-state index >= 15 is 0 Å². The number of rotatable bonds is 11. The Hall–Kier alpha value is 0.407. The van der Waals surface area contributed by atoms with Gasteiger partial charge in [-0.25, -0.2) is 0 Å². The summed E-state index contributed by atoms with van der Waals surface area (Å²) in [6.45, 7) is 3.61. The lowest BCUT2D eigenvalue weighted by Gasteiger charge is -2.21. The zero-order valence-corrected chi connectivity index (χ0v) is 14.9. The molecule has 0 radical (unpaired) electrons. The van der Waals surface area contributed by atoms with Gasteiger partial charge in [-0.05, 0) is 50.7 Å². The van der Waals surface area contributed by atoms with Gasteiger partial charge >= 0.3 is 8.56 Å². The summed E-state index contributed by atoms with van der Waals surface area (Å²) in [7, 11) is 1.60. The second-order valence-electron chi connectivity index (χ2n) is 4.71. The van der Waals surface area contributed by atoms with Gasteiger partial charge < -0.3 is 20.3 Å². The van der Waals surface area contributed by atoms with Gasteiger partial charge in [-0.2, -0.15) is 12.6 Å². The van der Waals surface area contributed by atoms with Gasteiger partial charge in [-0.3, -0.25) is 0 Å². The molecule has 0 saturated carbocycles. The van der Waals surface area contributed by atoms with Gasteiger partial charge in [0.15, 0.2) is 0 Å². The largest absolute Gasteiger partial charge is 0.398 e. The third-order valence-corrected chi connectivity index (χ3v) is 6.37. The van der Waals surface area contributed by atoms with E-state index in [-0.39, 0.29) is 7.43 Å². The average Bonchev–Trinajstić information content (AvgIpc) is 2.45. The molecule has 6 heteroatoms. The van der Waals surface area contributed by atoms with E-state index in [1.165, 1.54) is 32.1 Å². The van der Waals surface area contributed by atoms with E-state index in [4.69, 9.17) is 20.3 Å². The molecule has 0 unspecified atom stereocenters. The zero-order valence-electron chi connectivity index (χ0n) is 13.0.